The summed E-state index contributed by atoms with van der Waals surface area (Å²) in [5, 5.41) is 25.3. The maximum absolute atomic E-state index is 13.7. The first kappa shape index (κ1) is 24.3. The van der Waals surface area contributed by atoms with Crippen molar-refractivity contribution in [2.75, 3.05) is 18.9 Å². The van der Waals surface area contributed by atoms with E-state index < -0.39 is 23.9 Å². The molecule has 0 aliphatic carbocycles. The standard InChI is InChI=1S/C23H25F4N7O2/c1-12-7-19-15(11-33(12)22(36)29-14-3-4-17(24)16(8-14)23(25,26)27)20-21(35)32(2)9-13(10-34(20)31-19)18-5-6-28-30-18/h3-6,8,12-13,22,29,36H,7,9-11H2,1-2H3,(H,28,30)/t12-,13+,22?/m1/s1. The lowest BCUT2D eigenvalue weighted by atomic mass is 9.99. The highest BCUT2D eigenvalue weighted by atomic mass is 19.4. The van der Waals surface area contributed by atoms with E-state index in [0.29, 0.717) is 42.9 Å². The van der Waals surface area contributed by atoms with Gasteiger partial charge in [-0.15, -0.1) is 0 Å². The highest BCUT2D eigenvalue weighted by Crippen LogP contribution is 2.34. The zero-order valence-electron chi connectivity index (χ0n) is 19.6. The fourth-order valence-electron chi connectivity index (χ4n) is 4.92. The minimum absolute atomic E-state index is 0.0603. The monoisotopic (exact) mass is 507 g/mol. The van der Waals surface area contributed by atoms with Gasteiger partial charge in [0.05, 0.1) is 23.5 Å². The molecule has 1 aromatic carbocycles. The summed E-state index contributed by atoms with van der Waals surface area (Å²) in [7, 11) is 1.71. The first-order valence-corrected chi connectivity index (χ1v) is 11.4. The van der Waals surface area contributed by atoms with Crippen LogP contribution < -0.4 is 5.32 Å². The maximum atomic E-state index is 13.7. The first-order valence-electron chi connectivity index (χ1n) is 11.4. The van der Waals surface area contributed by atoms with Gasteiger partial charge < -0.3 is 15.3 Å². The molecule has 2 aliphatic rings. The molecule has 2 aliphatic heterocycles. The van der Waals surface area contributed by atoms with Crippen molar-refractivity contribution < 1.29 is 27.5 Å². The average Bonchev–Trinajstić information content (AvgIpc) is 3.43. The third-order valence-electron chi connectivity index (χ3n) is 6.79. The second-order valence-electron chi connectivity index (χ2n) is 9.27. The first-order chi connectivity index (χ1) is 17.0. The minimum atomic E-state index is -4.87. The maximum Gasteiger partial charge on any atom is 0.419 e. The van der Waals surface area contributed by atoms with Gasteiger partial charge in [-0.1, -0.05) is 0 Å². The van der Waals surface area contributed by atoms with Crippen LogP contribution in [0.3, 0.4) is 0 Å². The van der Waals surface area contributed by atoms with Gasteiger partial charge in [0, 0.05) is 56.0 Å². The number of halogens is 4. The number of nitrogens with one attached hydrogen (secondary N) is 2. The second-order valence-corrected chi connectivity index (χ2v) is 9.27. The number of alkyl halides is 3. The number of aliphatic hydroxyl groups is 1. The summed E-state index contributed by atoms with van der Waals surface area (Å²) in [6.07, 6.45) is -4.10. The number of nitrogens with zero attached hydrogens (tertiary/aromatic N) is 5. The minimum Gasteiger partial charge on any atom is -0.361 e. The van der Waals surface area contributed by atoms with Gasteiger partial charge in [-0.3, -0.25) is 19.5 Å². The van der Waals surface area contributed by atoms with Crippen molar-refractivity contribution >= 4 is 11.6 Å². The Morgan fingerprint density at radius 1 is 1.25 bits per heavy atom. The summed E-state index contributed by atoms with van der Waals surface area (Å²) < 4.78 is 54.7. The molecule has 1 amide bonds. The van der Waals surface area contributed by atoms with Gasteiger partial charge >= 0.3 is 6.18 Å². The Morgan fingerprint density at radius 3 is 2.72 bits per heavy atom. The number of likely N-dealkylation sites (N-methyl/N-ethyl adjacent to an activating group) is 1. The zero-order chi connectivity index (χ0) is 25.8. The molecule has 13 heteroatoms. The van der Waals surface area contributed by atoms with E-state index in [2.05, 4.69) is 15.5 Å². The highest BCUT2D eigenvalue weighted by molar-refractivity contribution is 5.94. The molecule has 0 radical (unpaired) electrons. The number of amides is 1. The quantitative estimate of drug-likeness (QED) is 0.371. The number of aliphatic hydroxyl groups excluding tert-OH is 1. The molecule has 3 N–H and O–H groups in total. The number of H-pyrrole nitrogens is 1. The molecule has 0 saturated carbocycles. The molecule has 192 valence electrons. The van der Waals surface area contributed by atoms with Gasteiger partial charge in [0.25, 0.3) is 5.91 Å². The summed E-state index contributed by atoms with van der Waals surface area (Å²) >= 11 is 0. The summed E-state index contributed by atoms with van der Waals surface area (Å²) in [6.45, 7) is 2.91. The molecule has 1 unspecified atom stereocenters. The average molecular weight is 507 g/mol. The van der Waals surface area contributed by atoms with Crippen LogP contribution in [0.2, 0.25) is 0 Å². The van der Waals surface area contributed by atoms with E-state index in [9.17, 15) is 27.5 Å². The Balaban J connectivity index is 1.41. The Bertz CT molecular complexity index is 1270. The van der Waals surface area contributed by atoms with E-state index in [-0.39, 0.29) is 30.1 Å². The molecular weight excluding hydrogens is 482 g/mol. The SMILES string of the molecule is C[C@@H]1Cc2nn3c(c2CN1C(O)Nc1ccc(F)c(C(F)(F)F)c1)C(=O)N(C)C[C@H](c1cc[nH]n1)C3. The summed E-state index contributed by atoms with van der Waals surface area (Å²) in [4.78, 5) is 16.5. The molecule has 9 nitrogen and oxygen atoms in total. The number of aromatic nitrogens is 4. The summed E-state index contributed by atoms with van der Waals surface area (Å²) in [5.74, 6) is -1.65. The topological polar surface area (TPSA) is 102 Å². The number of hydrogen-bond acceptors (Lipinski definition) is 6. The second kappa shape index (κ2) is 8.89. The summed E-state index contributed by atoms with van der Waals surface area (Å²) in [6, 6.07) is 4.09. The number of carbonyl (C=O) groups excluding carboxylic acids is 1. The van der Waals surface area contributed by atoms with Crippen LogP contribution in [0.1, 0.15) is 45.8 Å². The Labute approximate surface area is 203 Å². The highest BCUT2D eigenvalue weighted by Gasteiger charge is 2.38. The Hall–Kier alpha value is -3.45. The fourth-order valence-corrected chi connectivity index (χ4v) is 4.92. The largest absolute Gasteiger partial charge is 0.419 e. The van der Waals surface area contributed by atoms with E-state index in [4.69, 9.17) is 5.10 Å². The van der Waals surface area contributed by atoms with Crippen molar-refractivity contribution in [2.24, 2.45) is 0 Å². The fraction of sp³-hybridized carbons (Fsp3) is 0.435. The Kier molecular flexibility index (Phi) is 5.99. The molecule has 0 bridgehead atoms. The van der Waals surface area contributed by atoms with Gasteiger partial charge in [-0.25, -0.2) is 4.39 Å². The van der Waals surface area contributed by atoms with Crippen LogP contribution >= 0.6 is 0 Å². The third kappa shape index (κ3) is 4.32. The van der Waals surface area contributed by atoms with Crippen molar-refractivity contribution in [3.8, 4) is 0 Å². The van der Waals surface area contributed by atoms with Crippen LogP contribution in [0.5, 0.6) is 0 Å². The van der Waals surface area contributed by atoms with Gasteiger partial charge in [-0.05, 0) is 31.2 Å². The van der Waals surface area contributed by atoms with E-state index in [1.54, 1.807) is 27.7 Å². The van der Waals surface area contributed by atoms with Crippen molar-refractivity contribution in [3.05, 3.63) is 64.5 Å². The molecular formula is C23H25F4N7O2. The van der Waals surface area contributed by atoms with Gasteiger partial charge in [0.1, 0.15) is 11.5 Å². The molecule has 5 rings (SSSR count). The molecule has 0 fully saturated rings. The molecule has 0 saturated heterocycles. The third-order valence-corrected chi connectivity index (χ3v) is 6.79. The predicted molar refractivity (Wildman–Crippen MR) is 120 cm³/mol. The lowest BCUT2D eigenvalue weighted by molar-refractivity contribution is -0.139. The van der Waals surface area contributed by atoms with Crippen molar-refractivity contribution in [1.29, 1.82) is 0 Å². The van der Waals surface area contributed by atoms with E-state index in [1.165, 1.54) is 0 Å². The van der Waals surface area contributed by atoms with Gasteiger partial charge in [-0.2, -0.15) is 23.4 Å². The van der Waals surface area contributed by atoms with Gasteiger partial charge in [0.2, 0.25) is 0 Å². The molecule has 3 atom stereocenters. The molecule has 36 heavy (non-hydrogen) atoms. The number of rotatable bonds is 4. The smallest absolute Gasteiger partial charge is 0.361 e. The normalized spacial score (nSPS) is 21.6. The molecule has 0 spiro atoms. The number of fused-ring (bicyclic) bond motifs is 3. The molecule has 4 heterocycles. The molecule has 2 aromatic heterocycles. The predicted octanol–water partition coefficient (Wildman–Crippen LogP) is 2.77. The van der Waals surface area contributed by atoms with Crippen LogP contribution in [-0.4, -0.2) is 66.8 Å². The van der Waals surface area contributed by atoms with Crippen LogP contribution in [0.15, 0.2) is 30.5 Å². The lowest BCUT2D eigenvalue weighted by Crippen LogP contribution is -2.49. The number of aromatic amines is 1. The van der Waals surface area contributed by atoms with Crippen LogP contribution in [-0.2, 0) is 25.7 Å². The van der Waals surface area contributed by atoms with E-state index in [0.717, 1.165) is 17.5 Å². The summed E-state index contributed by atoms with van der Waals surface area (Å²) in [5.41, 5.74) is 1.16. The molecule has 3 aromatic rings. The van der Waals surface area contributed by atoms with Crippen molar-refractivity contribution in [2.45, 2.75) is 50.9 Å². The number of anilines is 1. The Morgan fingerprint density at radius 2 is 2.03 bits per heavy atom. The number of hydrogen-bond donors (Lipinski definition) is 3. The van der Waals surface area contributed by atoms with Crippen LogP contribution in [0.4, 0.5) is 23.2 Å². The van der Waals surface area contributed by atoms with E-state index >= 15 is 0 Å². The lowest BCUT2D eigenvalue weighted by Gasteiger charge is -2.37. The van der Waals surface area contributed by atoms with Crippen molar-refractivity contribution in [1.82, 2.24) is 29.8 Å². The number of carbonyl (C=O) groups is 1. The van der Waals surface area contributed by atoms with Gasteiger partial charge in [0.15, 0.2) is 6.35 Å². The van der Waals surface area contributed by atoms with Crippen LogP contribution in [0.25, 0.3) is 0 Å². The number of benzene rings is 1. The van der Waals surface area contributed by atoms with E-state index in [1.807, 2.05) is 13.0 Å². The van der Waals surface area contributed by atoms with Crippen molar-refractivity contribution in [3.63, 3.8) is 0 Å². The van der Waals surface area contributed by atoms with Crippen LogP contribution in [0, 0.1) is 5.82 Å². The zero-order valence-corrected chi connectivity index (χ0v) is 19.6.